The summed E-state index contributed by atoms with van der Waals surface area (Å²) in [5.74, 6) is -0.251. The molecule has 11 heteroatoms. The summed E-state index contributed by atoms with van der Waals surface area (Å²) in [7, 11) is 0. The third kappa shape index (κ3) is 4.11. The Morgan fingerprint density at radius 3 is 2.70 bits per heavy atom. The molecule has 33 heavy (non-hydrogen) atoms. The number of aromatic nitrogens is 1. The van der Waals surface area contributed by atoms with E-state index >= 15 is 0 Å². The van der Waals surface area contributed by atoms with E-state index in [9.17, 15) is 23.1 Å². The molecule has 1 aromatic heterocycles. The van der Waals surface area contributed by atoms with Crippen LogP contribution in [0, 0.1) is 0 Å². The van der Waals surface area contributed by atoms with Gasteiger partial charge in [0.05, 0.1) is 35.1 Å². The molecule has 0 unspecified atom stereocenters. The molecule has 0 spiro atoms. The second-order valence-corrected chi connectivity index (χ2v) is 9.03. The van der Waals surface area contributed by atoms with Crippen molar-refractivity contribution in [3.8, 4) is 5.88 Å². The number of hydrogen-bond acceptors (Lipinski definition) is 7. The molecule has 3 aromatic rings. The van der Waals surface area contributed by atoms with Crippen LogP contribution in [0.15, 0.2) is 46.6 Å². The van der Waals surface area contributed by atoms with Crippen molar-refractivity contribution in [2.45, 2.75) is 12.6 Å². The minimum atomic E-state index is -4.60. The SMILES string of the molecule is O=C1CN(c2nc(O)c(C(Cc3ccc(Cl)cc3C(F)(F)F)=c3ccc4c(c3)C=NN=4)s2)C1. The highest BCUT2D eigenvalue weighted by molar-refractivity contribution is 7.17. The molecule has 168 valence electrons. The molecular formula is C22H14ClF3N4O2S. The van der Waals surface area contributed by atoms with Gasteiger partial charge < -0.3 is 10.0 Å². The summed E-state index contributed by atoms with van der Waals surface area (Å²) in [6.45, 7) is 0.377. The van der Waals surface area contributed by atoms with Crippen molar-refractivity contribution in [2.75, 3.05) is 18.0 Å². The number of aromatic hydroxyl groups is 1. The van der Waals surface area contributed by atoms with E-state index in [1.165, 1.54) is 12.1 Å². The predicted octanol–water partition coefficient (Wildman–Crippen LogP) is 3.32. The van der Waals surface area contributed by atoms with E-state index in [4.69, 9.17) is 11.6 Å². The van der Waals surface area contributed by atoms with Crippen molar-refractivity contribution >= 4 is 45.6 Å². The van der Waals surface area contributed by atoms with Crippen LogP contribution in [0.1, 0.15) is 21.6 Å². The van der Waals surface area contributed by atoms with Crippen LogP contribution in [0.5, 0.6) is 5.88 Å². The Morgan fingerprint density at radius 2 is 1.97 bits per heavy atom. The maximum atomic E-state index is 13.7. The summed E-state index contributed by atoms with van der Waals surface area (Å²) in [4.78, 5) is 17.6. The third-order valence-corrected chi connectivity index (χ3v) is 6.76. The number of alkyl halides is 3. The number of fused-ring (bicyclic) bond motifs is 1. The number of benzene rings is 2. The van der Waals surface area contributed by atoms with Gasteiger partial charge in [-0.15, -0.1) is 0 Å². The number of nitrogens with zero attached hydrogens (tertiary/aromatic N) is 4. The van der Waals surface area contributed by atoms with Crippen LogP contribution >= 0.6 is 22.9 Å². The van der Waals surface area contributed by atoms with Gasteiger partial charge in [0.2, 0.25) is 5.88 Å². The molecule has 0 saturated carbocycles. The van der Waals surface area contributed by atoms with Gasteiger partial charge in [0, 0.05) is 17.0 Å². The lowest BCUT2D eigenvalue weighted by atomic mass is 9.96. The average Bonchev–Trinajstić information content (AvgIpc) is 3.35. The minimum absolute atomic E-state index is 0.00855. The number of carbonyl (C=O) groups excluding carboxylic acids is 1. The molecule has 1 N–H and O–H groups in total. The van der Waals surface area contributed by atoms with Crippen LogP contribution in [-0.4, -0.2) is 35.2 Å². The second-order valence-electron chi connectivity index (χ2n) is 7.62. The Morgan fingerprint density at radius 1 is 1.18 bits per heavy atom. The van der Waals surface area contributed by atoms with Gasteiger partial charge in [-0.05, 0) is 40.6 Å². The van der Waals surface area contributed by atoms with E-state index in [0.29, 0.717) is 26.2 Å². The zero-order valence-electron chi connectivity index (χ0n) is 16.7. The highest BCUT2D eigenvalue weighted by Crippen LogP contribution is 2.40. The summed E-state index contributed by atoms with van der Waals surface area (Å²) in [6.07, 6.45) is -3.18. The Hall–Kier alpha value is -3.24. The number of anilines is 1. The first kappa shape index (κ1) is 21.6. The van der Waals surface area contributed by atoms with Gasteiger partial charge in [-0.2, -0.15) is 28.4 Å². The molecule has 3 heterocycles. The molecule has 0 atom stereocenters. The van der Waals surface area contributed by atoms with E-state index in [2.05, 4.69) is 15.2 Å². The van der Waals surface area contributed by atoms with E-state index < -0.39 is 11.7 Å². The number of carbonyl (C=O) groups is 1. The highest BCUT2D eigenvalue weighted by atomic mass is 35.5. The normalized spacial score (nSPS) is 15.9. The summed E-state index contributed by atoms with van der Waals surface area (Å²) in [5.41, 5.74) is 0.339. The predicted molar refractivity (Wildman–Crippen MR) is 118 cm³/mol. The van der Waals surface area contributed by atoms with Crippen molar-refractivity contribution in [3.63, 3.8) is 0 Å². The molecule has 6 nitrogen and oxygen atoms in total. The smallest absolute Gasteiger partial charge is 0.416 e. The lowest BCUT2D eigenvalue weighted by Crippen LogP contribution is -2.47. The number of Topliss-reactive ketones (excluding diaryl/α,β-unsaturated/α-hetero) is 1. The summed E-state index contributed by atoms with van der Waals surface area (Å²) >= 11 is 6.97. The lowest BCUT2D eigenvalue weighted by Gasteiger charge is -2.28. The fourth-order valence-electron chi connectivity index (χ4n) is 3.71. The maximum Gasteiger partial charge on any atom is 0.416 e. The molecule has 0 amide bonds. The number of ketones is 1. The van der Waals surface area contributed by atoms with Crippen LogP contribution in [0.25, 0.3) is 5.57 Å². The molecular weight excluding hydrogens is 477 g/mol. The van der Waals surface area contributed by atoms with Crippen molar-refractivity contribution in [2.24, 2.45) is 10.2 Å². The van der Waals surface area contributed by atoms with Gasteiger partial charge in [0.25, 0.3) is 0 Å². The molecule has 2 aliphatic heterocycles. The molecule has 0 radical (unpaired) electrons. The minimum Gasteiger partial charge on any atom is -0.492 e. The first-order chi connectivity index (χ1) is 15.7. The van der Waals surface area contributed by atoms with E-state index in [1.54, 1.807) is 29.3 Å². The fraction of sp³-hybridized carbons (Fsp3) is 0.182. The standard InChI is InChI=1S/C22H14ClF3N4O2S/c23-14-3-1-12(17(7-14)22(24,25)26)6-16(11-2-4-18-13(5-11)8-27-29-18)19-20(32)28-21(33-19)30-9-15(31)10-30/h1-5,7-8,32H,6,9-10H2. The fourth-order valence-corrected chi connectivity index (χ4v) is 4.90. The largest absolute Gasteiger partial charge is 0.492 e. The molecule has 1 saturated heterocycles. The van der Waals surface area contributed by atoms with E-state index in [1.807, 2.05) is 0 Å². The molecule has 1 fully saturated rings. The first-order valence-electron chi connectivity index (χ1n) is 9.76. The average molecular weight is 491 g/mol. The zero-order chi connectivity index (χ0) is 23.3. The van der Waals surface area contributed by atoms with Gasteiger partial charge >= 0.3 is 6.18 Å². The van der Waals surface area contributed by atoms with Crippen molar-refractivity contribution in [3.05, 3.63) is 73.6 Å². The van der Waals surface area contributed by atoms with Crippen LogP contribution in [0.4, 0.5) is 18.3 Å². The monoisotopic (exact) mass is 490 g/mol. The Bertz CT molecular complexity index is 1440. The topological polar surface area (TPSA) is 78.2 Å². The third-order valence-electron chi connectivity index (χ3n) is 5.36. The van der Waals surface area contributed by atoms with E-state index in [-0.39, 0.29) is 41.8 Å². The van der Waals surface area contributed by atoms with Crippen LogP contribution in [-0.2, 0) is 17.4 Å². The lowest BCUT2D eigenvalue weighted by molar-refractivity contribution is -0.138. The highest BCUT2D eigenvalue weighted by Gasteiger charge is 2.34. The van der Waals surface area contributed by atoms with Crippen LogP contribution in [0.3, 0.4) is 0 Å². The van der Waals surface area contributed by atoms with Gasteiger partial charge in [-0.1, -0.05) is 35.1 Å². The Balaban J connectivity index is 1.68. The van der Waals surface area contributed by atoms with Crippen LogP contribution in [0.2, 0.25) is 5.02 Å². The summed E-state index contributed by atoms with van der Waals surface area (Å²) < 4.78 is 41.2. The first-order valence-corrected chi connectivity index (χ1v) is 11.0. The summed E-state index contributed by atoms with van der Waals surface area (Å²) in [5, 5.41) is 20.1. The Labute approximate surface area is 194 Å². The number of rotatable bonds is 4. The van der Waals surface area contributed by atoms with Crippen molar-refractivity contribution in [1.82, 2.24) is 4.98 Å². The number of thiazole rings is 1. The van der Waals surface area contributed by atoms with Gasteiger partial charge in [-0.25, -0.2) is 0 Å². The zero-order valence-corrected chi connectivity index (χ0v) is 18.3. The molecule has 2 aliphatic rings. The number of hydrogen-bond donors (Lipinski definition) is 1. The van der Waals surface area contributed by atoms with Crippen LogP contribution < -0.4 is 15.5 Å². The van der Waals surface area contributed by atoms with E-state index in [0.717, 1.165) is 23.0 Å². The van der Waals surface area contributed by atoms with Gasteiger partial charge in [0.1, 0.15) is 0 Å². The van der Waals surface area contributed by atoms with Crippen molar-refractivity contribution < 1.29 is 23.1 Å². The van der Waals surface area contributed by atoms with Crippen molar-refractivity contribution in [1.29, 1.82) is 0 Å². The second kappa shape index (κ2) is 7.96. The molecule has 2 aromatic carbocycles. The molecule has 0 aliphatic carbocycles. The molecule has 0 bridgehead atoms. The quantitative estimate of drug-likeness (QED) is 0.608. The maximum absolute atomic E-state index is 13.7. The number of halogens is 4. The summed E-state index contributed by atoms with van der Waals surface area (Å²) in [6, 6.07) is 8.84. The van der Waals surface area contributed by atoms with Gasteiger partial charge in [-0.3, -0.25) is 4.79 Å². The van der Waals surface area contributed by atoms with Gasteiger partial charge in [0.15, 0.2) is 10.9 Å². The molecule has 5 rings (SSSR count). The Kier molecular flexibility index (Phi) is 5.21.